The lowest BCUT2D eigenvalue weighted by Crippen LogP contribution is -2.27. The Morgan fingerprint density at radius 3 is 2.31 bits per heavy atom. The minimum atomic E-state index is -0.179. The summed E-state index contributed by atoms with van der Waals surface area (Å²) in [6.07, 6.45) is 0. The number of hydrogen-bond acceptors (Lipinski definition) is 5. The summed E-state index contributed by atoms with van der Waals surface area (Å²) >= 11 is 0. The first-order chi connectivity index (χ1) is 17.2. The molecule has 0 radical (unpaired) electrons. The van der Waals surface area contributed by atoms with Crippen LogP contribution in [0.5, 0.6) is 0 Å². The van der Waals surface area contributed by atoms with Gasteiger partial charge in [-0.25, -0.2) is 9.67 Å². The lowest BCUT2D eigenvalue weighted by atomic mass is 10.1. The Hall–Kier alpha value is -4.04. The van der Waals surface area contributed by atoms with Crippen LogP contribution in [0.1, 0.15) is 29.8 Å². The van der Waals surface area contributed by atoms with E-state index in [2.05, 4.69) is 38.9 Å². The number of nitrogens with one attached hydrogen (secondary N) is 1. The topological polar surface area (TPSA) is 80.9 Å². The van der Waals surface area contributed by atoms with Crippen molar-refractivity contribution in [2.75, 3.05) is 25.0 Å². The van der Waals surface area contributed by atoms with Crippen LogP contribution in [0.25, 0.3) is 22.1 Å². The van der Waals surface area contributed by atoms with Crippen molar-refractivity contribution in [1.29, 1.82) is 0 Å². The molecule has 0 spiro atoms. The molecular formula is C27H29N7O. The lowest BCUT2D eigenvalue weighted by Gasteiger charge is -2.19. The average Bonchev–Trinajstić information content (AvgIpc) is 3.46. The summed E-state index contributed by atoms with van der Waals surface area (Å²) < 4.78 is 3.96. The van der Waals surface area contributed by atoms with Gasteiger partial charge < -0.3 is 9.47 Å². The second kappa shape index (κ2) is 10.1. The number of benzene rings is 3. The molecule has 178 valence electrons. The number of fused-ring (bicyclic) bond motifs is 2. The maximum absolute atomic E-state index is 13.1. The highest BCUT2D eigenvalue weighted by atomic mass is 16.1. The zero-order chi connectivity index (χ0) is 24.2. The van der Waals surface area contributed by atoms with E-state index in [0.717, 1.165) is 53.8 Å². The number of amides is 1. The van der Waals surface area contributed by atoms with Crippen molar-refractivity contribution < 1.29 is 4.79 Å². The predicted molar refractivity (Wildman–Crippen MR) is 139 cm³/mol. The minimum Gasteiger partial charge on any atom is -0.309 e. The number of carbonyl (C=O) groups excluding carboxylic acids is 1. The Kier molecular flexibility index (Phi) is 6.54. The maximum Gasteiger partial charge on any atom is 0.257 e. The third kappa shape index (κ3) is 4.79. The van der Waals surface area contributed by atoms with Crippen LogP contribution in [0.15, 0.2) is 72.8 Å². The van der Waals surface area contributed by atoms with Crippen molar-refractivity contribution in [1.82, 2.24) is 29.4 Å². The van der Waals surface area contributed by atoms with Gasteiger partial charge >= 0.3 is 0 Å². The Balaban J connectivity index is 1.33. The van der Waals surface area contributed by atoms with Gasteiger partial charge in [-0.3, -0.25) is 10.1 Å². The number of anilines is 1. The lowest BCUT2D eigenvalue weighted by molar-refractivity contribution is 0.102. The zero-order valence-electron chi connectivity index (χ0n) is 20.1. The summed E-state index contributed by atoms with van der Waals surface area (Å²) in [5.74, 6) is 0.392. The van der Waals surface area contributed by atoms with Gasteiger partial charge in [0.15, 0.2) is 0 Å². The van der Waals surface area contributed by atoms with Crippen molar-refractivity contribution >= 4 is 33.9 Å². The number of rotatable bonds is 9. The van der Waals surface area contributed by atoms with Crippen LogP contribution in [0, 0.1) is 0 Å². The molecule has 8 nitrogen and oxygen atoms in total. The molecule has 0 fully saturated rings. The number of hydrogen-bond donors (Lipinski definition) is 1. The molecule has 0 aliphatic rings. The first-order valence-electron chi connectivity index (χ1n) is 12.0. The normalized spacial score (nSPS) is 11.5. The van der Waals surface area contributed by atoms with E-state index in [0.29, 0.717) is 18.1 Å². The standard InChI is InChI=1S/C27H29N7O/c1-3-32(4-2)17-18-33-24-11-7-5-9-22(24)28-27(33)29-26(35)21-15-13-20(14-16-21)19-34-25-12-8-6-10-23(25)30-31-34/h5-16H,3-4,17-19H2,1-2H3,(H,28,29,35). The molecule has 5 aromatic rings. The highest BCUT2D eigenvalue weighted by Crippen LogP contribution is 2.21. The van der Waals surface area contributed by atoms with Gasteiger partial charge in [-0.2, -0.15) is 0 Å². The van der Waals surface area contributed by atoms with E-state index in [1.165, 1.54) is 0 Å². The van der Waals surface area contributed by atoms with Crippen molar-refractivity contribution in [2.45, 2.75) is 26.9 Å². The second-order valence-electron chi connectivity index (χ2n) is 8.49. The third-order valence-electron chi connectivity index (χ3n) is 6.38. The van der Waals surface area contributed by atoms with Gasteiger partial charge in [-0.15, -0.1) is 5.10 Å². The molecule has 2 heterocycles. The Morgan fingerprint density at radius 1 is 0.886 bits per heavy atom. The summed E-state index contributed by atoms with van der Waals surface area (Å²) in [4.78, 5) is 20.2. The third-order valence-corrected chi connectivity index (χ3v) is 6.38. The van der Waals surface area contributed by atoms with Gasteiger partial charge in [0.2, 0.25) is 5.95 Å². The Labute approximate surface area is 204 Å². The smallest absolute Gasteiger partial charge is 0.257 e. The zero-order valence-corrected chi connectivity index (χ0v) is 20.1. The van der Waals surface area contributed by atoms with Crippen LogP contribution in [0.3, 0.4) is 0 Å². The van der Waals surface area contributed by atoms with E-state index in [4.69, 9.17) is 4.98 Å². The highest BCUT2D eigenvalue weighted by molar-refractivity contribution is 6.04. The van der Waals surface area contributed by atoms with Crippen LogP contribution >= 0.6 is 0 Å². The van der Waals surface area contributed by atoms with E-state index in [1.807, 2.05) is 77.5 Å². The molecule has 2 aromatic heterocycles. The van der Waals surface area contributed by atoms with Crippen molar-refractivity contribution in [3.63, 3.8) is 0 Å². The number of para-hydroxylation sites is 3. The van der Waals surface area contributed by atoms with E-state index in [-0.39, 0.29) is 5.91 Å². The molecule has 1 amide bonds. The monoisotopic (exact) mass is 467 g/mol. The quantitative estimate of drug-likeness (QED) is 0.347. The summed E-state index contributed by atoms with van der Waals surface area (Å²) in [6.45, 7) is 8.53. The first kappa shape index (κ1) is 22.7. The number of carbonyl (C=O) groups is 1. The average molecular weight is 468 g/mol. The molecule has 0 atom stereocenters. The molecule has 0 aliphatic heterocycles. The van der Waals surface area contributed by atoms with Gasteiger partial charge in [0.25, 0.3) is 5.91 Å². The molecule has 1 N–H and O–H groups in total. The summed E-state index contributed by atoms with van der Waals surface area (Å²) in [5.41, 5.74) is 5.37. The van der Waals surface area contributed by atoms with Crippen LogP contribution in [-0.4, -0.2) is 55.0 Å². The summed E-state index contributed by atoms with van der Waals surface area (Å²) in [6, 6.07) is 23.4. The van der Waals surface area contributed by atoms with E-state index in [1.54, 1.807) is 0 Å². The highest BCUT2D eigenvalue weighted by Gasteiger charge is 2.15. The van der Waals surface area contributed by atoms with Crippen molar-refractivity contribution in [3.8, 4) is 0 Å². The van der Waals surface area contributed by atoms with E-state index < -0.39 is 0 Å². The fourth-order valence-corrected chi connectivity index (χ4v) is 4.32. The van der Waals surface area contributed by atoms with E-state index in [9.17, 15) is 4.79 Å². The molecule has 3 aromatic carbocycles. The first-order valence-corrected chi connectivity index (χ1v) is 12.0. The van der Waals surface area contributed by atoms with Crippen LogP contribution in [0.4, 0.5) is 5.95 Å². The van der Waals surface area contributed by atoms with Gasteiger partial charge in [0.05, 0.1) is 23.1 Å². The molecule has 5 rings (SSSR count). The van der Waals surface area contributed by atoms with Gasteiger partial charge in [-0.1, -0.05) is 55.5 Å². The molecule has 0 bridgehead atoms. The molecule has 0 unspecified atom stereocenters. The summed E-state index contributed by atoms with van der Waals surface area (Å²) in [7, 11) is 0. The molecule has 0 aliphatic carbocycles. The number of aromatic nitrogens is 5. The Morgan fingerprint density at radius 2 is 1.57 bits per heavy atom. The molecule has 0 saturated carbocycles. The van der Waals surface area contributed by atoms with Gasteiger partial charge in [0.1, 0.15) is 5.52 Å². The van der Waals surface area contributed by atoms with Gasteiger partial charge in [0, 0.05) is 18.7 Å². The molecular weight excluding hydrogens is 438 g/mol. The largest absolute Gasteiger partial charge is 0.309 e. The molecule has 0 saturated heterocycles. The summed E-state index contributed by atoms with van der Waals surface area (Å²) in [5, 5.41) is 11.5. The van der Waals surface area contributed by atoms with Gasteiger partial charge in [-0.05, 0) is 55.1 Å². The van der Waals surface area contributed by atoms with E-state index >= 15 is 0 Å². The van der Waals surface area contributed by atoms with Crippen molar-refractivity contribution in [3.05, 3.63) is 83.9 Å². The number of likely N-dealkylation sites (N-methyl/N-ethyl adjacent to an activating group) is 1. The molecule has 8 heteroatoms. The predicted octanol–water partition coefficient (Wildman–Crippen LogP) is 4.42. The van der Waals surface area contributed by atoms with Crippen LogP contribution in [0.2, 0.25) is 0 Å². The SMILES string of the molecule is CCN(CC)CCn1c(NC(=O)c2ccc(Cn3nnc4ccccc43)cc2)nc2ccccc21. The Bertz CT molecular complexity index is 1450. The minimum absolute atomic E-state index is 0.179. The maximum atomic E-state index is 13.1. The number of imidazole rings is 1. The van der Waals surface area contributed by atoms with Crippen LogP contribution in [-0.2, 0) is 13.1 Å². The number of nitrogens with zero attached hydrogens (tertiary/aromatic N) is 6. The van der Waals surface area contributed by atoms with Crippen LogP contribution < -0.4 is 5.32 Å². The fourth-order valence-electron chi connectivity index (χ4n) is 4.32. The second-order valence-corrected chi connectivity index (χ2v) is 8.49. The molecule has 35 heavy (non-hydrogen) atoms. The van der Waals surface area contributed by atoms with Crippen molar-refractivity contribution in [2.24, 2.45) is 0 Å². The fraction of sp³-hybridized carbons (Fsp3) is 0.259.